The molecule has 6 nitrogen and oxygen atoms in total. The summed E-state index contributed by atoms with van der Waals surface area (Å²) in [4.78, 5) is 14.1. The molecular formula is C17H22FN5O. The number of hydrogen-bond donors (Lipinski definition) is 2. The van der Waals surface area contributed by atoms with Gasteiger partial charge in [0.2, 0.25) is 0 Å². The lowest BCUT2D eigenvalue weighted by molar-refractivity contribution is 0.0948. The van der Waals surface area contributed by atoms with Gasteiger partial charge in [0.05, 0.1) is 0 Å². The van der Waals surface area contributed by atoms with Crippen LogP contribution in [0, 0.1) is 5.82 Å². The topological polar surface area (TPSA) is 70.2 Å². The Balaban J connectivity index is 1.79. The highest BCUT2D eigenvalue weighted by Gasteiger charge is 2.08. The van der Waals surface area contributed by atoms with Crippen LogP contribution in [0.4, 0.5) is 10.2 Å². The van der Waals surface area contributed by atoms with Gasteiger partial charge in [0, 0.05) is 19.6 Å². The summed E-state index contributed by atoms with van der Waals surface area (Å²) in [7, 11) is 3.98. The average Bonchev–Trinajstić information content (AvgIpc) is 2.57. The number of amides is 1. The highest BCUT2D eigenvalue weighted by Crippen LogP contribution is 2.06. The Bertz CT molecular complexity index is 660. The number of halogens is 1. The quantitative estimate of drug-likeness (QED) is 0.768. The highest BCUT2D eigenvalue weighted by molar-refractivity contribution is 5.92. The van der Waals surface area contributed by atoms with Crippen molar-refractivity contribution in [2.24, 2.45) is 0 Å². The maximum absolute atomic E-state index is 13.5. The largest absolute Gasteiger partial charge is 0.367 e. The molecule has 0 aliphatic heterocycles. The molecule has 2 N–H and O–H groups in total. The van der Waals surface area contributed by atoms with Crippen LogP contribution in [0.1, 0.15) is 16.1 Å². The average molecular weight is 331 g/mol. The molecule has 128 valence electrons. The number of likely N-dealkylation sites (N-methyl/N-ethyl adjacent to an activating group) is 1. The number of aromatic nitrogens is 2. The predicted molar refractivity (Wildman–Crippen MR) is 91.5 cm³/mol. The van der Waals surface area contributed by atoms with Crippen LogP contribution in [0.5, 0.6) is 0 Å². The van der Waals surface area contributed by atoms with E-state index in [1.54, 1.807) is 30.3 Å². The second-order valence-corrected chi connectivity index (χ2v) is 5.63. The number of anilines is 1. The Morgan fingerprint density at radius 3 is 2.58 bits per heavy atom. The van der Waals surface area contributed by atoms with Crippen molar-refractivity contribution >= 4 is 11.7 Å². The molecule has 0 saturated heterocycles. The van der Waals surface area contributed by atoms with Crippen LogP contribution in [0.3, 0.4) is 0 Å². The van der Waals surface area contributed by atoms with Gasteiger partial charge in [-0.3, -0.25) is 4.79 Å². The number of carbonyl (C=O) groups is 1. The van der Waals surface area contributed by atoms with Crippen LogP contribution < -0.4 is 10.6 Å². The van der Waals surface area contributed by atoms with Gasteiger partial charge in [-0.25, -0.2) is 4.39 Å². The first-order valence-corrected chi connectivity index (χ1v) is 7.80. The third-order valence-corrected chi connectivity index (χ3v) is 3.40. The number of carbonyl (C=O) groups excluding carboxylic acids is 1. The van der Waals surface area contributed by atoms with E-state index in [4.69, 9.17) is 0 Å². The molecule has 2 rings (SSSR count). The molecule has 0 aliphatic rings. The zero-order valence-electron chi connectivity index (χ0n) is 13.9. The van der Waals surface area contributed by atoms with E-state index in [1.807, 2.05) is 14.1 Å². The maximum Gasteiger partial charge on any atom is 0.271 e. The number of nitrogens with one attached hydrogen (secondary N) is 2. The van der Waals surface area contributed by atoms with Crippen molar-refractivity contribution in [3.05, 3.63) is 53.5 Å². The molecule has 0 fully saturated rings. The first-order valence-electron chi connectivity index (χ1n) is 7.80. The molecule has 0 spiro atoms. The van der Waals surface area contributed by atoms with Crippen molar-refractivity contribution < 1.29 is 9.18 Å². The van der Waals surface area contributed by atoms with Gasteiger partial charge in [-0.1, -0.05) is 18.2 Å². The van der Waals surface area contributed by atoms with Crippen LogP contribution in [-0.2, 0) is 6.42 Å². The summed E-state index contributed by atoms with van der Waals surface area (Å²) in [5, 5.41) is 13.7. The molecule has 24 heavy (non-hydrogen) atoms. The smallest absolute Gasteiger partial charge is 0.271 e. The van der Waals surface area contributed by atoms with Gasteiger partial charge in [0.15, 0.2) is 5.69 Å². The van der Waals surface area contributed by atoms with E-state index in [1.165, 1.54) is 6.07 Å². The molecular weight excluding hydrogens is 309 g/mol. The van der Waals surface area contributed by atoms with Crippen LogP contribution in [0.25, 0.3) is 0 Å². The van der Waals surface area contributed by atoms with Crippen molar-refractivity contribution in [2.75, 3.05) is 39.0 Å². The third kappa shape index (κ3) is 5.58. The summed E-state index contributed by atoms with van der Waals surface area (Å²) < 4.78 is 13.5. The fraction of sp³-hybridized carbons (Fsp3) is 0.353. The number of hydrogen-bond acceptors (Lipinski definition) is 5. The summed E-state index contributed by atoms with van der Waals surface area (Å²) in [5.41, 5.74) is 0.811. The Kier molecular flexibility index (Phi) is 6.62. The molecule has 0 atom stereocenters. The lowest BCUT2D eigenvalue weighted by Crippen LogP contribution is -2.27. The fourth-order valence-corrected chi connectivity index (χ4v) is 2.06. The molecule has 1 heterocycles. The first-order chi connectivity index (χ1) is 11.6. The predicted octanol–water partition coefficient (Wildman–Crippen LogP) is 1.56. The molecule has 1 amide bonds. The Labute approximate surface area is 141 Å². The lowest BCUT2D eigenvalue weighted by atomic mass is 10.1. The molecule has 0 unspecified atom stereocenters. The van der Waals surface area contributed by atoms with Gasteiger partial charge in [-0.05, 0) is 44.3 Å². The van der Waals surface area contributed by atoms with Gasteiger partial charge in [0.1, 0.15) is 11.6 Å². The van der Waals surface area contributed by atoms with Gasteiger partial charge >= 0.3 is 0 Å². The second-order valence-electron chi connectivity index (χ2n) is 5.63. The first kappa shape index (κ1) is 17.8. The van der Waals surface area contributed by atoms with Crippen LogP contribution in [0.15, 0.2) is 36.4 Å². The Morgan fingerprint density at radius 2 is 1.92 bits per heavy atom. The Morgan fingerprint density at radius 1 is 1.12 bits per heavy atom. The van der Waals surface area contributed by atoms with Crippen molar-refractivity contribution in [1.29, 1.82) is 0 Å². The third-order valence-electron chi connectivity index (χ3n) is 3.40. The molecule has 0 bridgehead atoms. The van der Waals surface area contributed by atoms with Crippen LogP contribution >= 0.6 is 0 Å². The van der Waals surface area contributed by atoms with Crippen molar-refractivity contribution in [1.82, 2.24) is 20.4 Å². The fourth-order valence-electron chi connectivity index (χ4n) is 2.06. The molecule has 0 saturated carbocycles. The maximum atomic E-state index is 13.5. The minimum Gasteiger partial charge on any atom is -0.367 e. The second kappa shape index (κ2) is 8.93. The number of rotatable bonds is 8. The zero-order chi connectivity index (χ0) is 17.4. The standard InChI is InChI=1S/C17H22FN5O/c1-23(2)12-11-19-16-8-7-15(21-22-16)17(24)20-10-9-13-5-3-4-6-14(13)18/h3-8H,9-12H2,1-2H3,(H,19,22)(H,20,24). The van der Waals surface area contributed by atoms with Gasteiger partial charge in [-0.2, -0.15) is 0 Å². The summed E-state index contributed by atoms with van der Waals surface area (Å²) in [6, 6.07) is 9.85. The normalized spacial score (nSPS) is 10.7. The zero-order valence-corrected chi connectivity index (χ0v) is 13.9. The molecule has 0 aliphatic carbocycles. The van der Waals surface area contributed by atoms with E-state index in [-0.39, 0.29) is 17.4 Å². The summed E-state index contributed by atoms with van der Waals surface area (Å²) in [6.45, 7) is 1.96. The number of benzene rings is 1. The Hall–Kier alpha value is -2.54. The SMILES string of the molecule is CN(C)CCNc1ccc(C(=O)NCCc2ccccc2F)nn1. The monoisotopic (exact) mass is 331 g/mol. The van der Waals surface area contributed by atoms with E-state index in [2.05, 4.69) is 25.7 Å². The van der Waals surface area contributed by atoms with E-state index in [9.17, 15) is 9.18 Å². The molecule has 1 aromatic carbocycles. The summed E-state index contributed by atoms with van der Waals surface area (Å²) in [5.74, 6) is 0.0399. The summed E-state index contributed by atoms with van der Waals surface area (Å²) >= 11 is 0. The molecule has 1 aromatic heterocycles. The molecule has 7 heteroatoms. The minimum atomic E-state index is -0.321. The molecule has 0 radical (unpaired) electrons. The van der Waals surface area contributed by atoms with Crippen molar-refractivity contribution in [3.63, 3.8) is 0 Å². The van der Waals surface area contributed by atoms with E-state index in [0.717, 1.165) is 13.1 Å². The number of nitrogens with zero attached hydrogens (tertiary/aromatic N) is 3. The van der Waals surface area contributed by atoms with E-state index < -0.39 is 0 Å². The van der Waals surface area contributed by atoms with Crippen molar-refractivity contribution in [2.45, 2.75) is 6.42 Å². The molecule has 2 aromatic rings. The summed E-state index contributed by atoms with van der Waals surface area (Å²) in [6.07, 6.45) is 0.427. The highest BCUT2D eigenvalue weighted by atomic mass is 19.1. The minimum absolute atomic E-state index is 0.238. The van der Waals surface area contributed by atoms with E-state index in [0.29, 0.717) is 24.3 Å². The van der Waals surface area contributed by atoms with Gasteiger partial charge in [-0.15, -0.1) is 10.2 Å². The van der Waals surface area contributed by atoms with Gasteiger partial charge < -0.3 is 15.5 Å². The van der Waals surface area contributed by atoms with Crippen LogP contribution in [0.2, 0.25) is 0 Å². The van der Waals surface area contributed by atoms with Crippen LogP contribution in [-0.4, -0.2) is 54.7 Å². The van der Waals surface area contributed by atoms with Gasteiger partial charge in [0.25, 0.3) is 5.91 Å². The van der Waals surface area contributed by atoms with Crippen molar-refractivity contribution in [3.8, 4) is 0 Å². The lowest BCUT2D eigenvalue weighted by Gasteiger charge is -2.10. The van der Waals surface area contributed by atoms with E-state index >= 15 is 0 Å².